The van der Waals surface area contributed by atoms with Crippen molar-refractivity contribution in [3.8, 4) is 5.69 Å². The van der Waals surface area contributed by atoms with E-state index in [1.54, 1.807) is 9.36 Å². The molecule has 3 aromatic rings. The standard InChI is InChI=1S/C13H15N7/c1-19-10-8-11(16-19)7-9-14-13-15-17-18-20(13)12-5-3-2-4-6-12/h2-6,8,10H,7,9H2,1H3,(H,14,15,18). The van der Waals surface area contributed by atoms with Crippen LogP contribution in [0.4, 0.5) is 5.95 Å². The Labute approximate surface area is 116 Å². The Morgan fingerprint density at radius 1 is 1.15 bits per heavy atom. The largest absolute Gasteiger partial charge is 0.352 e. The maximum absolute atomic E-state index is 4.33. The monoisotopic (exact) mass is 269 g/mol. The first kappa shape index (κ1) is 12.3. The molecule has 0 saturated heterocycles. The highest BCUT2D eigenvalue weighted by Crippen LogP contribution is 2.10. The SMILES string of the molecule is Cn1ccc(CCNc2nnnn2-c2ccccc2)n1. The van der Waals surface area contributed by atoms with Gasteiger partial charge in [0.05, 0.1) is 11.4 Å². The van der Waals surface area contributed by atoms with Crippen molar-refractivity contribution in [1.29, 1.82) is 0 Å². The third-order valence-corrected chi connectivity index (χ3v) is 2.90. The third-order valence-electron chi connectivity index (χ3n) is 2.90. The lowest BCUT2D eigenvalue weighted by Gasteiger charge is -2.05. The minimum absolute atomic E-state index is 0.632. The smallest absolute Gasteiger partial charge is 0.247 e. The van der Waals surface area contributed by atoms with E-state index in [4.69, 9.17) is 0 Å². The second kappa shape index (κ2) is 5.52. The van der Waals surface area contributed by atoms with Crippen LogP contribution in [0.15, 0.2) is 42.6 Å². The van der Waals surface area contributed by atoms with Crippen LogP contribution in [0.5, 0.6) is 0 Å². The second-order valence-corrected chi connectivity index (χ2v) is 4.41. The van der Waals surface area contributed by atoms with E-state index in [-0.39, 0.29) is 0 Å². The van der Waals surface area contributed by atoms with Crippen LogP contribution in [0.1, 0.15) is 5.69 Å². The van der Waals surface area contributed by atoms with Gasteiger partial charge in [0.2, 0.25) is 5.95 Å². The van der Waals surface area contributed by atoms with Gasteiger partial charge in [-0.25, -0.2) is 0 Å². The Hall–Kier alpha value is -2.70. The van der Waals surface area contributed by atoms with Crippen LogP contribution in [0.2, 0.25) is 0 Å². The first-order chi connectivity index (χ1) is 9.83. The number of tetrazole rings is 1. The molecule has 7 nitrogen and oxygen atoms in total. The highest BCUT2D eigenvalue weighted by atomic mass is 15.6. The van der Waals surface area contributed by atoms with Crippen LogP contribution in [0.3, 0.4) is 0 Å². The number of hydrogen-bond acceptors (Lipinski definition) is 5. The van der Waals surface area contributed by atoms with Crippen LogP contribution < -0.4 is 5.32 Å². The molecule has 1 N–H and O–H groups in total. The van der Waals surface area contributed by atoms with Crippen LogP contribution in [-0.4, -0.2) is 36.5 Å². The summed E-state index contributed by atoms with van der Waals surface area (Å²) < 4.78 is 3.47. The molecule has 2 heterocycles. The van der Waals surface area contributed by atoms with Crippen molar-refractivity contribution in [3.63, 3.8) is 0 Å². The third kappa shape index (κ3) is 2.66. The van der Waals surface area contributed by atoms with Gasteiger partial charge >= 0.3 is 0 Å². The van der Waals surface area contributed by atoms with Crippen molar-refractivity contribution in [1.82, 2.24) is 30.0 Å². The zero-order valence-corrected chi connectivity index (χ0v) is 11.1. The number of anilines is 1. The van der Waals surface area contributed by atoms with Gasteiger partial charge in [-0.05, 0) is 28.6 Å². The molecule has 102 valence electrons. The number of aryl methyl sites for hydroxylation is 1. The summed E-state index contributed by atoms with van der Waals surface area (Å²) in [5.74, 6) is 0.632. The lowest BCUT2D eigenvalue weighted by molar-refractivity contribution is 0.740. The highest BCUT2D eigenvalue weighted by molar-refractivity contribution is 5.38. The van der Waals surface area contributed by atoms with Gasteiger partial charge in [-0.3, -0.25) is 4.68 Å². The molecule has 0 unspecified atom stereocenters. The van der Waals surface area contributed by atoms with Gasteiger partial charge < -0.3 is 5.32 Å². The van der Waals surface area contributed by atoms with E-state index >= 15 is 0 Å². The Bertz CT molecular complexity index is 671. The molecule has 0 bridgehead atoms. The van der Waals surface area contributed by atoms with Crippen molar-refractivity contribution < 1.29 is 0 Å². The summed E-state index contributed by atoms with van der Waals surface area (Å²) in [6.07, 6.45) is 2.76. The van der Waals surface area contributed by atoms with Gasteiger partial charge in [-0.2, -0.15) is 9.78 Å². The van der Waals surface area contributed by atoms with Gasteiger partial charge in [0.1, 0.15) is 0 Å². The van der Waals surface area contributed by atoms with Crippen molar-refractivity contribution in [2.24, 2.45) is 7.05 Å². The normalized spacial score (nSPS) is 10.7. The molecule has 0 spiro atoms. The first-order valence-corrected chi connectivity index (χ1v) is 6.39. The number of nitrogens with one attached hydrogen (secondary N) is 1. The second-order valence-electron chi connectivity index (χ2n) is 4.41. The van der Waals surface area contributed by atoms with E-state index in [2.05, 4.69) is 25.9 Å². The van der Waals surface area contributed by atoms with E-state index in [1.165, 1.54) is 0 Å². The lowest BCUT2D eigenvalue weighted by atomic mass is 10.3. The Balaban J connectivity index is 1.65. The molecule has 0 saturated carbocycles. The molecular weight excluding hydrogens is 254 g/mol. The predicted molar refractivity (Wildman–Crippen MR) is 74.6 cm³/mol. The minimum atomic E-state index is 0.632. The van der Waals surface area contributed by atoms with Crippen LogP contribution in [0.25, 0.3) is 5.69 Å². The van der Waals surface area contributed by atoms with E-state index < -0.39 is 0 Å². The van der Waals surface area contributed by atoms with E-state index in [1.807, 2.05) is 49.6 Å². The summed E-state index contributed by atoms with van der Waals surface area (Å²) in [6, 6.07) is 11.8. The number of rotatable bonds is 5. The average molecular weight is 269 g/mol. The van der Waals surface area contributed by atoms with Gasteiger partial charge in [-0.1, -0.05) is 23.3 Å². The van der Waals surface area contributed by atoms with Crippen molar-refractivity contribution in [2.45, 2.75) is 6.42 Å². The average Bonchev–Trinajstić information content (AvgIpc) is 3.09. The predicted octanol–water partition coefficient (Wildman–Crippen LogP) is 1.05. The fourth-order valence-electron chi connectivity index (χ4n) is 1.94. The fourth-order valence-corrected chi connectivity index (χ4v) is 1.94. The summed E-state index contributed by atoms with van der Waals surface area (Å²) in [5.41, 5.74) is 1.97. The summed E-state index contributed by atoms with van der Waals surface area (Å²) in [7, 11) is 1.91. The van der Waals surface area contributed by atoms with E-state index in [0.29, 0.717) is 5.95 Å². The molecule has 2 aromatic heterocycles. The van der Waals surface area contributed by atoms with Gasteiger partial charge in [-0.15, -0.1) is 0 Å². The zero-order valence-electron chi connectivity index (χ0n) is 11.1. The maximum Gasteiger partial charge on any atom is 0.247 e. The number of benzene rings is 1. The molecular formula is C13H15N7. The highest BCUT2D eigenvalue weighted by Gasteiger charge is 2.07. The number of nitrogens with zero attached hydrogens (tertiary/aromatic N) is 6. The first-order valence-electron chi connectivity index (χ1n) is 6.39. The summed E-state index contributed by atoms with van der Waals surface area (Å²) >= 11 is 0. The van der Waals surface area contributed by atoms with Crippen molar-refractivity contribution in [3.05, 3.63) is 48.3 Å². The van der Waals surface area contributed by atoms with Gasteiger partial charge in [0.25, 0.3) is 0 Å². The topological polar surface area (TPSA) is 73.5 Å². The Morgan fingerprint density at radius 3 is 2.75 bits per heavy atom. The molecule has 0 fully saturated rings. The Morgan fingerprint density at radius 2 is 2.00 bits per heavy atom. The molecule has 0 aliphatic rings. The molecule has 3 rings (SSSR count). The molecule has 0 aliphatic carbocycles. The minimum Gasteiger partial charge on any atom is -0.352 e. The van der Waals surface area contributed by atoms with Crippen molar-refractivity contribution in [2.75, 3.05) is 11.9 Å². The quantitative estimate of drug-likeness (QED) is 0.749. The van der Waals surface area contributed by atoms with E-state index in [0.717, 1.165) is 24.3 Å². The number of hydrogen-bond donors (Lipinski definition) is 1. The molecule has 0 aliphatic heterocycles. The van der Waals surface area contributed by atoms with Crippen LogP contribution in [0, 0.1) is 0 Å². The van der Waals surface area contributed by atoms with E-state index in [9.17, 15) is 0 Å². The zero-order chi connectivity index (χ0) is 13.8. The molecule has 0 amide bonds. The summed E-state index contributed by atoms with van der Waals surface area (Å²) in [5, 5.41) is 19.2. The Kier molecular flexibility index (Phi) is 3.40. The molecule has 7 heteroatoms. The summed E-state index contributed by atoms with van der Waals surface area (Å²) in [6.45, 7) is 0.726. The van der Waals surface area contributed by atoms with Gasteiger partial charge in [0, 0.05) is 26.2 Å². The van der Waals surface area contributed by atoms with Gasteiger partial charge in [0.15, 0.2) is 0 Å². The molecule has 1 aromatic carbocycles. The molecule has 20 heavy (non-hydrogen) atoms. The maximum atomic E-state index is 4.33. The lowest BCUT2D eigenvalue weighted by Crippen LogP contribution is -2.11. The number of para-hydroxylation sites is 1. The summed E-state index contributed by atoms with van der Waals surface area (Å²) in [4.78, 5) is 0. The number of aromatic nitrogens is 6. The van der Waals surface area contributed by atoms with Crippen LogP contribution in [-0.2, 0) is 13.5 Å². The van der Waals surface area contributed by atoms with Crippen LogP contribution >= 0.6 is 0 Å². The fraction of sp³-hybridized carbons (Fsp3) is 0.231. The molecule has 0 atom stereocenters. The van der Waals surface area contributed by atoms with Crippen molar-refractivity contribution >= 4 is 5.95 Å². The molecule has 0 radical (unpaired) electrons.